The first-order chi connectivity index (χ1) is 6.79. The second kappa shape index (κ2) is 4.28. The Kier molecular flexibility index (Phi) is 3.03. The molecule has 2 fully saturated rings. The number of nitrogens with one attached hydrogen (secondary N) is 2. The van der Waals surface area contributed by atoms with Gasteiger partial charge in [-0.05, 0) is 25.8 Å². The van der Waals surface area contributed by atoms with E-state index in [1.165, 1.54) is 12.8 Å². The van der Waals surface area contributed by atoms with Crippen molar-refractivity contribution in [3.63, 3.8) is 0 Å². The molecule has 0 saturated carbocycles. The second-order valence-corrected chi connectivity index (χ2v) is 4.24. The van der Waals surface area contributed by atoms with Gasteiger partial charge in [-0.15, -0.1) is 0 Å². The lowest BCUT2D eigenvalue weighted by atomic mass is 10.2. The molecule has 0 aromatic rings. The molecule has 2 N–H and O–H groups in total. The number of rotatable bonds is 3. The normalized spacial score (nSPS) is 32.9. The fourth-order valence-corrected chi connectivity index (χ4v) is 2.18. The summed E-state index contributed by atoms with van der Waals surface area (Å²) in [6.45, 7) is 4.04. The highest BCUT2D eigenvalue weighted by Gasteiger charge is 2.30. The van der Waals surface area contributed by atoms with Crippen molar-refractivity contribution in [2.45, 2.75) is 44.7 Å². The molecule has 80 valence electrons. The van der Waals surface area contributed by atoms with E-state index in [2.05, 4.69) is 17.7 Å². The molecule has 2 aliphatic heterocycles. The van der Waals surface area contributed by atoms with Crippen molar-refractivity contribution in [3.05, 3.63) is 0 Å². The van der Waals surface area contributed by atoms with Crippen LogP contribution in [0.5, 0.6) is 0 Å². The molecule has 2 atom stereocenters. The summed E-state index contributed by atoms with van der Waals surface area (Å²) in [5, 5.41) is 5.21. The van der Waals surface area contributed by atoms with E-state index in [0.29, 0.717) is 18.5 Å². The van der Waals surface area contributed by atoms with Gasteiger partial charge in [0.1, 0.15) is 0 Å². The zero-order valence-corrected chi connectivity index (χ0v) is 8.75. The zero-order valence-electron chi connectivity index (χ0n) is 8.75. The van der Waals surface area contributed by atoms with E-state index in [1.54, 1.807) is 5.01 Å². The van der Waals surface area contributed by atoms with Gasteiger partial charge in [-0.2, -0.15) is 0 Å². The van der Waals surface area contributed by atoms with Crippen molar-refractivity contribution < 1.29 is 4.79 Å². The minimum atomic E-state index is 0.255. The molecule has 14 heavy (non-hydrogen) atoms. The van der Waals surface area contributed by atoms with E-state index in [-0.39, 0.29) is 5.91 Å². The number of amides is 1. The molecule has 0 spiro atoms. The molecule has 4 nitrogen and oxygen atoms in total. The number of carbonyl (C=O) groups is 1. The van der Waals surface area contributed by atoms with Crippen LogP contribution in [0.4, 0.5) is 0 Å². The molecule has 0 radical (unpaired) electrons. The summed E-state index contributed by atoms with van der Waals surface area (Å²) in [6.07, 6.45) is 4.13. The standard InChI is InChI=1S/C10H19N3O/c1-2-8-6-10(14)13(12-8)7-9-4-3-5-11-9/h8-9,11-12H,2-7H2,1H3. The van der Waals surface area contributed by atoms with Crippen molar-refractivity contribution in [1.82, 2.24) is 15.8 Å². The van der Waals surface area contributed by atoms with Crippen LogP contribution >= 0.6 is 0 Å². The third kappa shape index (κ3) is 2.07. The minimum absolute atomic E-state index is 0.255. The molecule has 2 unspecified atom stereocenters. The van der Waals surface area contributed by atoms with Gasteiger partial charge < -0.3 is 5.32 Å². The van der Waals surface area contributed by atoms with Crippen LogP contribution in [0.25, 0.3) is 0 Å². The number of nitrogens with zero attached hydrogens (tertiary/aromatic N) is 1. The molecular weight excluding hydrogens is 178 g/mol. The first-order valence-electron chi connectivity index (χ1n) is 5.59. The van der Waals surface area contributed by atoms with Gasteiger partial charge in [-0.25, -0.2) is 5.43 Å². The van der Waals surface area contributed by atoms with Crippen LogP contribution in [0.2, 0.25) is 0 Å². The third-order valence-corrected chi connectivity index (χ3v) is 3.12. The summed E-state index contributed by atoms with van der Waals surface area (Å²) in [5.74, 6) is 0.255. The third-order valence-electron chi connectivity index (χ3n) is 3.12. The number of hydrogen-bond donors (Lipinski definition) is 2. The monoisotopic (exact) mass is 197 g/mol. The van der Waals surface area contributed by atoms with Crippen LogP contribution < -0.4 is 10.7 Å². The van der Waals surface area contributed by atoms with Gasteiger partial charge in [0.05, 0.1) is 6.54 Å². The molecule has 0 aliphatic carbocycles. The van der Waals surface area contributed by atoms with Crippen LogP contribution in [0, 0.1) is 0 Å². The summed E-state index contributed by atoms with van der Waals surface area (Å²) in [5.41, 5.74) is 3.26. The quantitative estimate of drug-likeness (QED) is 0.682. The summed E-state index contributed by atoms with van der Waals surface area (Å²) in [4.78, 5) is 11.6. The maximum Gasteiger partial charge on any atom is 0.238 e. The van der Waals surface area contributed by atoms with Crippen LogP contribution in [-0.4, -0.2) is 36.1 Å². The van der Waals surface area contributed by atoms with Gasteiger partial charge in [0.2, 0.25) is 5.91 Å². The molecule has 4 heteroatoms. The van der Waals surface area contributed by atoms with Crippen molar-refractivity contribution in [1.29, 1.82) is 0 Å². The average molecular weight is 197 g/mol. The maximum absolute atomic E-state index is 11.6. The largest absolute Gasteiger partial charge is 0.312 e. The van der Waals surface area contributed by atoms with Crippen molar-refractivity contribution >= 4 is 5.91 Å². The van der Waals surface area contributed by atoms with Gasteiger partial charge >= 0.3 is 0 Å². The van der Waals surface area contributed by atoms with Crippen molar-refractivity contribution in [3.8, 4) is 0 Å². The SMILES string of the molecule is CCC1CC(=O)N(CC2CCCN2)N1. The van der Waals surface area contributed by atoms with Crippen molar-refractivity contribution in [2.24, 2.45) is 0 Å². The van der Waals surface area contributed by atoms with Crippen LogP contribution in [0.15, 0.2) is 0 Å². The van der Waals surface area contributed by atoms with Gasteiger partial charge in [-0.1, -0.05) is 6.92 Å². The topological polar surface area (TPSA) is 44.4 Å². The van der Waals surface area contributed by atoms with Crippen LogP contribution in [0.1, 0.15) is 32.6 Å². The lowest BCUT2D eigenvalue weighted by Gasteiger charge is -2.21. The molecule has 1 amide bonds. The molecule has 0 aromatic heterocycles. The number of hydrogen-bond acceptors (Lipinski definition) is 3. The summed E-state index contributed by atoms with van der Waals surface area (Å²) >= 11 is 0. The van der Waals surface area contributed by atoms with Gasteiger partial charge in [0, 0.05) is 18.5 Å². The summed E-state index contributed by atoms with van der Waals surface area (Å²) in [7, 11) is 0. The number of carbonyl (C=O) groups excluding carboxylic acids is 1. The van der Waals surface area contributed by atoms with E-state index >= 15 is 0 Å². The van der Waals surface area contributed by atoms with E-state index in [0.717, 1.165) is 19.5 Å². The second-order valence-electron chi connectivity index (χ2n) is 4.24. The first-order valence-corrected chi connectivity index (χ1v) is 5.59. The summed E-state index contributed by atoms with van der Waals surface area (Å²) in [6, 6.07) is 0.867. The molecular formula is C10H19N3O. The predicted molar refractivity (Wildman–Crippen MR) is 54.6 cm³/mol. The first kappa shape index (κ1) is 9.93. The molecule has 2 aliphatic rings. The Morgan fingerprint density at radius 2 is 2.36 bits per heavy atom. The predicted octanol–water partition coefficient (Wildman–Crippen LogP) is 0.254. The Labute approximate surface area is 85.0 Å². The molecule has 0 bridgehead atoms. The summed E-state index contributed by atoms with van der Waals surface area (Å²) < 4.78 is 0. The van der Waals surface area contributed by atoms with E-state index in [9.17, 15) is 4.79 Å². The highest BCUT2D eigenvalue weighted by molar-refractivity contribution is 5.78. The van der Waals surface area contributed by atoms with Gasteiger partial charge in [0.25, 0.3) is 0 Å². The minimum Gasteiger partial charge on any atom is -0.312 e. The van der Waals surface area contributed by atoms with E-state index in [4.69, 9.17) is 0 Å². The van der Waals surface area contributed by atoms with E-state index in [1.807, 2.05) is 0 Å². The van der Waals surface area contributed by atoms with Gasteiger partial charge in [0.15, 0.2) is 0 Å². The maximum atomic E-state index is 11.6. The molecule has 2 rings (SSSR count). The lowest BCUT2D eigenvalue weighted by Crippen LogP contribution is -2.44. The fraction of sp³-hybridized carbons (Fsp3) is 0.900. The zero-order chi connectivity index (χ0) is 9.97. The Balaban J connectivity index is 1.82. The lowest BCUT2D eigenvalue weighted by molar-refractivity contribution is -0.129. The van der Waals surface area contributed by atoms with Gasteiger partial charge in [-0.3, -0.25) is 9.80 Å². The average Bonchev–Trinajstić information content (AvgIpc) is 2.78. The molecule has 2 heterocycles. The molecule has 0 aromatic carbocycles. The highest BCUT2D eigenvalue weighted by atomic mass is 16.2. The number of hydrazine groups is 1. The fourth-order valence-electron chi connectivity index (χ4n) is 2.18. The smallest absolute Gasteiger partial charge is 0.238 e. The Morgan fingerprint density at radius 1 is 1.50 bits per heavy atom. The van der Waals surface area contributed by atoms with Crippen LogP contribution in [0.3, 0.4) is 0 Å². The van der Waals surface area contributed by atoms with Crippen LogP contribution in [-0.2, 0) is 4.79 Å². The van der Waals surface area contributed by atoms with Crippen molar-refractivity contribution in [2.75, 3.05) is 13.1 Å². The molecule has 2 saturated heterocycles. The Morgan fingerprint density at radius 3 is 2.93 bits per heavy atom. The Bertz CT molecular complexity index is 213. The Hall–Kier alpha value is -0.610. The highest BCUT2D eigenvalue weighted by Crippen LogP contribution is 2.13. The van der Waals surface area contributed by atoms with E-state index < -0.39 is 0 Å².